The predicted molar refractivity (Wildman–Crippen MR) is 77.8 cm³/mol. The molecule has 0 saturated heterocycles. The van der Waals surface area contributed by atoms with E-state index in [1.807, 2.05) is 32.3 Å². The van der Waals surface area contributed by atoms with E-state index in [2.05, 4.69) is 14.9 Å². The van der Waals surface area contributed by atoms with E-state index in [1.165, 1.54) is 0 Å². The lowest BCUT2D eigenvalue weighted by molar-refractivity contribution is 0.281. The number of nitrogens with zero attached hydrogens (tertiary/aromatic N) is 4. The summed E-state index contributed by atoms with van der Waals surface area (Å²) >= 11 is 6.14. The first kappa shape index (κ1) is 15.6. The molecule has 0 aliphatic carbocycles. The Morgan fingerprint density at radius 2 is 2.21 bits per heavy atom. The van der Waals surface area contributed by atoms with Gasteiger partial charge in [-0.15, -0.1) is 0 Å². The first-order valence-electron chi connectivity index (χ1n) is 6.20. The summed E-state index contributed by atoms with van der Waals surface area (Å²) in [6, 6.07) is 5.67. The van der Waals surface area contributed by atoms with Crippen LogP contribution in [0.3, 0.4) is 0 Å². The molecule has 5 nitrogen and oxygen atoms in total. The normalized spacial score (nSPS) is 10.3. The largest absolute Gasteiger partial charge is 0.492 e. The summed E-state index contributed by atoms with van der Waals surface area (Å²) in [5, 5.41) is 4.10. The van der Waals surface area contributed by atoms with E-state index >= 15 is 0 Å². The molecule has 0 atom stereocenters. The zero-order valence-corrected chi connectivity index (χ0v) is 12.1. The molecule has 0 aliphatic heterocycles. The van der Waals surface area contributed by atoms with Crippen molar-refractivity contribution in [2.24, 2.45) is 5.11 Å². The Balaban J connectivity index is 2.45. The number of ether oxygens (including phenoxy) is 1. The van der Waals surface area contributed by atoms with Crippen LogP contribution in [0, 0.1) is 0 Å². The number of benzene rings is 1. The van der Waals surface area contributed by atoms with Crippen molar-refractivity contribution in [2.45, 2.75) is 12.8 Å². The average molecular weight is 283 g/mol. The van der Waals surface area contributed by atoms with Crippen LogP contribution in [-0.2, 0) is 6.42 Å². The molecule has 0 spiro atoms. The molecule has 1 aromatic rings. The van der Waals surface area contributed by atoms with E-state index in [-0.39, 0.29) is 0 Å². The fraction of sp³-hybridized carbons (Fsp3) is 0.538. The van der Waals surface area contributed by atoms with Gasteiger partial charge in [0.2, 0.25) is 0 Å². The molecule has 6 heteroatoms. The maximum Gasteiger partial charge on any atom is 0.137 e. The van der Waals surface area contributed by atoms with Gasteiger partial charge in [0.1, 0.15) is 5.75 Å². The topological polar surface area (TPSA) is 61.2 Å². The van der Waals surface area contributed by atoms with Gasteiger partial charge in [-0.05, 0) is 50.2 Å². The second kappa shape index (κ2) is 8.64. The van der Waals surface area contributed by atoms with Crippen LogP contribution in [0.2, 0.25) is 5.02 Å². The number of hydrogen-bond acceptors (Lipinski definition) is 3. The molecule has 0 radical (unpaired) electrons. The standard InChI is InChI=1S/C13H19ClN4O/c1-18(2)8-3-9-19-13-5-4-11(10-12(13)14)6-7-16-17-15/h4-5,10H,3,6-9H2,1-2H3. The maximum absolute atomic E-state index is 8.21. The van der Waals surface area contributed by atoms with Gasteiger partial charge in [-0.3, -0.25) is 0 Å². The third-order valence-corrected chi connectivity index (χ3v) is 2.86. The van der Waals surface area contributed by atoms with Crippen molar-refractivity contribution in [1.82, 2.24) is 4.90 Å². The fourth-order valence-corrected chi connectivity index (χ4v) is 1.86. The van der Waals surface area contributed by atoms with Crippen molar-refractivity contribution in [1.29, 1.82) is 0 Å². The van der Waals surface area contributed by atoms with Crippen LogP contribution in [0.5, 0.6) is 5.75 Å². The van der Waals surface area contributed by atoms with E-state index < -0.39 is 0 Å². The van der Waals surface area contributed by atoms with Gasteiger partial charge in [0.05, 0.1) is 11.6 Å². The molecule has 1 aromatic carbocycles. The van der Waals surface area contributed by atoms with Crippen LogP contribution in [0.4, 0.5) is 0 Å². The van der Waals surface area contributed by atoms with Crippen LogP contribution < -0.4 is 4.74 Å². The Bertz CT molecular complexity index is 444. The number of azide groups is 1. The van der Waals surface area contributed by atoms with Crippen molar-refractivity contribution < 1.29 is 4.74 Å². The molecular formula is C13H19ClN4O. The van der Waals surface area contributed by atoms with Gasteiger partial charge in [-0.2, -0.15) is 0 Å². The zero-order valence-electron chi connectivity index (χ0n) is 11.3. The SMILES string of the molecule is CN(C)CCCOc1ccc(CCN=[N+]=[N-])cc1Cl. The molecule has 1 rings (SSSR count). The molecule has 0 saturated carbocycles. The van der Waals surface area contributed by atoms with Crippen LogP contribution >= 0.6 is 11.6 Å². The van der Waals surface area contributed by atoms with Crippen LogP contribution in [0.1, 0.15) is 12.0 Å². The summed E-state index contributed by atoms with van der Waals surface area (Å²) in [6.07, 6.45) is 1.65. The van der Waals surface area contributed by atoms with Gasteiger partial charge in [0.25, 0.3) is 0 Å². The third kappa shape index (κ3) is 6.34. The Morgan fingerprint density at radius 3 is 2.84 bits per heavy atom. The molecule has 0 aromatic heterocycles. The first-order chi connectivity index (χ1) is 9.13. The lowest BCUT2D eigenvalue weighted by Crippen LogP contribution is -2.15. The fourth-order valence-electron chi connectivity index (χ4n) is 1.60. The van der Waals surface area contributed by atoms with Crippen molar-refractivity contribution in [3.8, 4) is 5.75 Å². The summed E-state index contributed by atoms with van der Waals surface area (Å²) in [7, 11) is 4.07. The molecule has 104 valence electrons. The molecule has 0 unspecified atom stereocenters. The van der Waals surface area contributed by atoms with Crippen LogP contribution in [0.25, 0.3) is 10.4 Å². The maximum atomic E-state index is 8.21. The lowest BCUT2D eigenvalue weighted by atomic mass is 10.1. The minimum absolute atomic E-state index is 0.440. The molecule has 0 fully saturated rings. The highest BCUT2D eigenvalue weighted by atomic mass is 35.5. The van der Waals surface area contributed by atoms with Crippen LogP contribution in [-0.4, -0.2) is 38.7 Å². The summed E-state index contributed by atoms with van der Waals surface area (Å²) < 4.78 is 5.63. The number of rotatable bonds is 8. The first-order valence-corrected chi connectivity index (χ1v) is 6.58. The smallest absolute Gasteiger partial charge is 0.137 e. The Labute approximate surface area is 118 Å². The van der Waals surface area contributed by atoms with Gasteiger partial charge >= 0.3 is 0 Å². The monoisotopic (exact) mass is 282 g/mol. The highest BCUT2D eigenvalue weighted by molar-refractivity contribution is 6.32. The average Bonchev–Trinajstić information content (AvgIpc) is 2.36. The minimum Gasteiger partial charge on any atom is -0.492 e. The number of halogens is 1. The summed E-state index contributed by atoms with van der Waals surface area (Å²) in [5.41, 5.74) is 9.25. The second-order valence-corrected chi connectivity index (χ2v) is 4.88. The van der Waals surface area contributed by atoms with Gasteiger partial charge in [0, 0.05) is 18.0 Å². The molecule has 0 bridgehead atoms. The van der Waals surface area contributed by atoms with E-state index in [1.54, 1.807) is 0 Å². The number of hydrogen-bond donors (Lipinski definition) is 0. The molecule has 0 N–H and O–H groups in total. The summed E-state index contributed by atoms with van der Waals surface area (Å²) in [4.78, 5) is 4.83. The molecule has 19 heavy (non-hydrogen) atoms. The predicted octanol–water partition coefficient (Wildman–Crippen LogP) is 3.52. The second-order valence-electron chi connectivity index (χ2n) is 4.47. The Morgan fingerprint density at radius 1 is 1.42 bits per heavy atom. The van der Waals surface area contributed by atoms with Crippen molar-refractivity contribution in [3.63, 3.8) is 0 Å². The van der Waals surface area contributed by atoms with Crippen molar-refractivity contribution >= 4 is 11.6 Å². The molecule has 0 heterocycles. The van der Waals surface area contributed by atoms with Crippen molar-refractivity contribution in [2.75, 3.05) is 33.8 Å². The van der Waals surface area contributed by atoms with Crippen LogP contribution in [0.15, 0.2) is 23.3 Å². The van der Waals surface area contributed by atoms with E-state index in [0.717, 1.165) is 18.5 Å². The van der Waals surface area contributed by atoms with E-state index in [0.29, 0.717) is 30.3 Å². The van der Waals surface area contributed by atoms with Gasteiger partial charge in [0.15, 0.2) is 0 Å². The summed E-state index contributed by atoms with van der Waals surface area (Å²) in [5.74, 6) is 0.702. The highest BCUT2D eigenvalue weighted by Crippen LogP contribution is 2.25. The Hall–Kier alpha value is -1.42. The Kier molecular flexibility index (Phi) is 7.11. The molecule has 0 aliphatic rings. The molecule has 0 amide bonds. The zero-order chi connectivity index (χ0) is 14.1. The third-order valence-electron chi connectivity index (χ3n) is 2.57. The lowest BCUT2D eigenvalue weighted by Gasteiger charge is -2.11. The van der Waals surface area contributed by atoms with E-state index in [4.69, 9.17) is 21.9 Å². The highest BCUT2D eigenvalue weighted by Gasteiger charge is 2.03. The molecular weight excluding hydrogens is 264 g/mol. The quantitative estimate of drug-likeness (QED) is 0.317. The summed E-state index contributed by atoms with van der Waals surface area (Å²) in [6.45, 7) is 2.08. The van der Waals surface area contributed by atoms with E-state index in [9.17, 15) is 0 Å². The van der Waals surface area contributed by atoms with Gasteiger partial charge < -0.3 is 9.64 Å². The van der Waals surface area contributed by atoms with Gasteiger partial charge in [-0.1, -0.05) is 22.8 Å². The van der Waals surface area contributed by atoms with Gasteiger partial charge in [-0.25, -0.2) is 0 Å². The van der Waals surface area contributed by atoms with Crippen molar-refractivity contribution in [3.05, 3.63) is 39.2 Å². The minimum atomic E-state index is 0.440.